The number of pyridine rings is 1. The molecule has 174 valence electrons. The Bertz CT molecular complexity index is 957. The van der Waals surface area contributed by atoms with Gasteiger partial charge in [0.25, 0.3) is 5.91 Å². The molecule has 0 aliphatic rings. The van der Waals surface area contributed by atoms with Gasteiger partial charge in [0.1, 0.15) is 0 Å². The molecule has 2 aromatic rings. The van der Waals surface area contributed by atoms with Crippen LogP contribution >= 0.6 is 30.8 Å². The van der Waals surface area contributed by atoms with E-state index in [1.54, 1.807) is 45.0 Å². The van der Waals surface area contributed by atoms with Crippen molar-refractivity contribution in [2.45, 2.75) is 32.9 Å². The minimum absolute atomic E-state index is 0.0556. The Morgan fingerprint density at radius 1 is 1.00 bits per heavy atom. The smallest absolute Gasteiger partial charge is 0.345 e. The van der Waals surface area contributed by atoms with E-state index < -0.39 is 25.1 Å². The van der Waals surface area contributed by atoms with Crippen molar-refractivity contribution in [3.63, 3.8) is 0 Å². The van der Waals surface area contributed by atoms with Crippen molar-refractivity contribution in [3.05, 3.63) is 57.8 Å². The van der Waals surface area contributed by atoms with Crippen LogP contribution in [-0.2, 0) is 29.6 Å². The first-order chi connectivity index (χ1) is 15.3. The number of aromatic nitrogens is 1. The molecule has 0 aliphatic carbocycles. The third-order valence-corrected chi connectivity index (χ3v) is 7.26. The number of amides is 1. The number of hydrogen-bond donors (Lipinski definition) is 1. The number of benzene rings is 1. The fourth-order valence-electron chi connectivity index (χ4n) is 2.87. The van der Waals surface area contributed by atoms with Crippen molar-refractivity contribution < 1.29 is 27.9 Å². The van der Waals surface area contributed by atoms with E-state index in [4.69, 9.17) is 37.0 Å². The average molecular weight is 503 g/mol. The molecule has 0 saturated heterocycles. The fourth-order valence-corrected chi connectivity index (χ4v) is 5.25. The lowest BCUT2D eigenvalue weighted by molar-refractivity contribution is -0.143. The molecule has 0 bridgehead atoms. The minimum Gasteiger partial charge on any atom is -0.465 e. The van der Waals surface area contributed by atoms with Gasteiger partial charge in [-0.25, -0.2) is 0 Å². The molecule has 1 aromatic carbocycles. The Morgan fingerprint density at radius 2 is 1.56 bits per heavy atom. The lowest BCUT2D eigenvalue weighted by atomic mass is 10.1. The third kappa shape index (κ3) is 6.77. The zero-order chi connectivity index (χ0) is 23.7. The zero-order valence-electron chi connectivity index (χ0n) is 18.0. The van der Waals surface area contributed by atoms with E-state index in [9.17, 15) is 14.2 Å². The number of ether oxygens (including phenoxy) is 1. The number of anilines is 1. The summed E-state index contributed by atoms with van der Waals surface area (Å²) in [7, 11) is -3.76. The topological polar surface area (TPSA) is 104 Å². The summed E-state index contributed by atoms with van der Waals surface area (Å²) in [5, 5.41) is 3.07. The first kappa shape index (κ1) is 26.3. The second-order valence-electron chi connectivity index (χ2n) is 6.48. The highest BCUT2D eigenvalue weighted by Crippen LogP contribution is 2.54. The maximum Gasteiger partial charge on any atom is 0.345 e. The van der Waals surface area contributed by atoms with Crippen molar-refractivity contribution >= 4 is 48.4 Å². The lowest BCUT2D eigenvalue weighted by Crippen LogP contribution is -2.28. The highest BCUT2D eigenvalue weighted by molar-refractivity contribution is 7.55. The van der Waals surface area contributed by atoms with Gasteiger partial charge >= 0.3 is 13.6 Å². The summed E-state index contributed by atoms with van der Waals surface area (Å²) in [5.74, 6) is -1.09. The number of nitrogens with zero attached hydrogens (tertiary/aromatic N) is 1. The molecule has 8 nitrogen and oxygen atoms in total. The normalized spacial score (nSPS) is 12.3. The number of halogens is 2. The van der Waals surface area contributed by atoms with Gasteiger partial charge in [0.15, 0.2) is 5.66 Å². The summed E-state index contributed by atoms with van der Waals surface area (Å²) < 4.78 is 29.1. The molecule has 0 radical (unpaired) electrons. The molecule has 1 heterocycles. The monoisotopic (exact) mass is 502 g/mol. The van der Waals surface area contributed by atoms with Crippen molar-refractivity contribution in [1.29, 1.82) is 0 Å². The van der Waals surface area contributed by atoms with Crippen LogP contribution in [0, 0.1) is 0 Å². The molecule has 1 atom stereocenters. The van der Waals surface area contributed by atoms with Crippen LogP contribution in [0.3, 0.4) is 0 Å². The number of carbonyl (C=O) groups is 2. The van der Waals surface area contributed by atoms with Crippen LogP contribution in [0.5, 0.6) is 0 Å². The molecule has 2 rings (SSSR count). The zero-order valence-corrected chi connectivity index (χ0v) is 20.4. The van der Waals surface area contributed by atoms with Crippen molar-refractivity contribution in [1.82, 2.24) is 4.98 Å². The largest absolute Gasteiger partial charge is 0.465 e. The fraction of sp³-hybridized carbons (Fsp3) is 0.381. The van der Waals surface area contributed by atoms with E-state index >= 15 is 0 Å². The molecule has 1 aromatic heterocycles. The summed E-state index contributed by atoms with van der Waals surface area (Å²) in [6.07, 6.45) is 2.80. The van der Waals surface area contributed by atoms with Crippen molar-refractivity contribution in [3.8, 4) is 0 Å². The van der Waals surface area contributed by atoms with Gasteiger partial charge in [-0.15, -0.1) is 0 Å². The van der Waals surface area contributed by atoms with Crippen molar-refractivity contribution in [2.75, 3.05) is 25.1 Å². The minimum atomic E-state index is -3.76. The van der Waals surface area contributed by atoms with Gasteiger partial charge in [0.2, 0.25) is 0 Å². The summed E-state index contributed by atoms with van der Waals surface area (Å²) in [6, 6.07) is 6.45. The van der Waals surface area contributed by atoms with E-state index in [1.165, 1.54) is 12.4 Å². The number of hydrogen-bond acceptors (Lipinski definition) is 7. The van der Waals surface area contributed by atoms with Crippen LogP contribution in [0.15, 0.2) is 36.7 Å². The van der Waals surface area contributed by atoms with Crippen LogP contribution < -0.4 is 5.32 Å². The standard InChI is InChI=1S/C21H25Cl2N2O6P/c1-4-29-21(27)18(32(28,30-5-2)31-6-3)11-14-7-9-15(10-8-14)20(26)25-19-16(22)12-24-13-17(19)23/h7-10,12-13,18H,4-6,11H2,1-3H3,(H,24,25,26). The van der Waals surface area contributed by atoms with Gasteiger partial charge in [-0.2, -0.15) is 0 Å². The highest BCUT2D eigenvalue weighted by atomic mass is 35.5. The first-order valence-corrected chi connectivity index (χ1v) is 12.4. The SMILES string of the molecule is CCOC(=O)C(Cc1ccc(C(=O)Nc2c(Cl)cncc2Cl)cc1)P(=O)(OCC)OCC. The Kier molecular flexibility index (Phi) is 10.1. The summed E-state index contributed by atoms with van der Waals surface area (Å²) in [5.41, 5.74) is 0.119. The summed E-state index contributed by atoms with van der Waals surface area (Å²) in [4.78, 5) is 28.9. The third-order valence-electron chi connectivity index (χ3n) is 4.30. The Hall–Kier alpha value is -1.96. The summed E-state index contributed by atoms with van der Waals surface area (Å²) in [6.45, 7) is 5.37. The Labute approximate surface area is 197 Å². The van der Waals surface area contributed by atoms with E-state index in [0.717, 1.165) is 0 Å². The van der Waals surface area contributed by atoms with Gasteiger partial charge < -0.3 is 19.1 Å². The predicted octanol–water partition coefficient (Wildman–Crippen LogP) is 5.38. The lowest BCUT2D eigenvalue weighted by Gasteiger charge is -2.25. The molecule has 11 heteroatoms. The predicted molar refractivity (Wildman–Crippen MR) is 124 cm³/mol. The molecule has 0 fully saturated rings. The molecule has 0 saturated carbocycles. The maximum atomic E-state index is 13.2. The van der Waals surface area contributed by atoms with Crippen molar-refractivity contribution in [2.24, 2.45) is 0 Å². The number of nitrogens with one attached hydrogen (secondary N) is 1. The van der Waals surface area contributed by atoms with Crippen LogP contribution in [0.4, 0.5) is 5.69 Å². The second-order valence-corrected chi connectivity index (χ2v) is 9.51. The van der Waals surface area contributed by atoms with Crippen LogP contribution in [0.25, 0.3) is 0 Å². The Morgan fingerprint density at radius 3 is 2.06 bits per heavy atom. The molecule has 0 aliphatic heterocycles. The molecule has 1 amide bonds. The quantitative estimate of drug-likeness (QED) is 0.324. The van der Waals surface area contributed by atoms with Crippen LogP contribution in [-0.4, -0.2) is 42.3 Å². The Balaban J connectivity index is 2.22. The van der Waals surface area contributed by atoms with Crippen LogP contribution in [0.2, 0.25) is 10.0 Å². The van der Waals surface area contributed by atoms with Gasteiger partial charge in [-0.05, 0) is 44.9 Å². The maximum absolute atomic E-state index is 13.2. The number of esters is 1. The molecule has 1 N–H and O–H groups in total. The molecule has 1 unspecified atom stereocenters. The van der Waals surface area contributed by atoms with E-state index in [0.29, 0.717) is 11.1 Å². The molecular formula is C21H25Cl2N2O6P. The second kappa shape index (κ2) is 12.3. The van der Waals surface area contributed by atoms with E-state index in [1.807, 2.05) is 0 Å². The molecule has 32 heavy (non-hydrogen) atoms. The van der Waals surface area contributed by atoms with E-state index in [2.05, 4.69) is 10.3 Å². The number of carbonyl (C=O) groups excluding carboxylic acids is 2. The molecular weight excluding hydrogens is 478 g/mol. The van der Waals surface area contributed by atoms with Gasteiger partial charge in [-0.3, -0.25) is 19.1 Å². The van der Waals surface area contributed by atoms with Gasteiger partial charge in [-0.1, -0.05) is 35.3 Å². The summed E-state index contributed by atoms with van der Waals surface area (Å²) >= 11 is 12.1. The molecule has 0 spiro atoms. The van der Waals surface area contributed by atoms with E-state index in [-0.39, 0.29) is 42.0 Å². The van der Waals surface area contributed by atoms with Crippen LogP contribution in [0.1, 0.15) is 36.7 Å². The highest BCUT2D eigenvalue weighted by Gasteiger charge is 2.42. The van der Waals surface area contributed by atoms with Gasteiger partial charge in [0.05, 0.1) is 35.6 Å². The average Bonchev–Trinajstić information content (AvgIpc) is 2.75. The first-order valence-electron chi connectivity index (χ1n) is 10.00. The van der Waals surface area contributed by atoms with Gasteiger partial charge in [0, 0.05) is 18.0 Å². The number of rotatable bonds is 11.